The van der Waals surface area contributed by atoms with Crippen LogP contribution in [-0.4, -0.2) is 23.4 Å². The first-order valence-corrected chi connectivity index (χ1v) is 9.60. The number of nitrogens with zero attached hydrogens (tertiary/aromatic N) is 1. The van der Waals surface area contributed by atoms with Crippen LogP contribution in [0.25, 0.3) is 0 Å². The van der Waals surface area contributed by atoms with Crippen molar-refractivity contribution in [1.82, 2.24) is 15.2 Å². The molecule has 2 aromatic rings. The summed E-state index contributed by atoms with van der Waals surface area (Å²) in [6.45, 7) is -0.0803. The van der Waals surface area contributed by atoms with E-state index in [1.165, 1.54) is 25.5 Å². The summed E-state index contributed by atoms with van der Waals surface area (Å²) in [6, 6.07) is 3.42. The van der Waals surface area contributed by atoms with Crippen LogP contribution in [-0.2, 0) is 6.54 Å². The number of amides is 2. The second-order valence-corrected chi connectivity index (χ2v) is 7.16. The van der Waals surface area contributed by atoms with Crippen molar-refractivity contribution in [3.05, 3.63) is 69.1 Å². The fraction of sp³-hybridized carbons (Fsp3) is 0.381. The highest BCUT2D eigenvalue weighted by Crippen LogP contribution is 2.28. The lowest BCUT2D eigenvalue weighted by Gasteiger charge is -2.25. The third-order valence-corrected chi connectivity index (χ3v) is 5.20. The van der Waals surface area contributed by atoms with Crippen LogP contribution in [0, 0.1) is 11.6 Å². The van der Waals surface area contributed by atoms with Crippen molar-refractivity contribution in [1.29, 1.82) is 0 Å². The minimum absolute atomic E-state index is 0.0803. The Morgan fingerprint density at radius 3 is 2.31 bits per heavy atom. The lowest BCUT2D eigenvalue weighted by Crippen LogP contribution is -2.35. The van der Waals surface area contributed by atoms with Gasteiger partial charge in [0, 0.05) is 32.0 Å². The van der Waals surface area contributed by atoms with Crippen molar-refractivity contribution in [3.8, 4) is 0 Å². The number of pyridine rings is 1. The monoisotopic (exact) mass is 403 g/mol. The van der Waals surface area contributed by atoms with E-state index < -0.39 is 28.9 Å². The molecule has 1 saturated carbocycles. The number of rotatable bonds is 5. The van der Waals surface area contributed by atoms with E-state index in [0.29, 0.717) is 5.56 Å². The van der Waals surface area contributed by atoms with Gasteiger partial charge in [0.2, 0.25) is 5.43 Å². The minimum atomic E-state index is -1.02. The molecule has 1 aliphatic rings. The summed E-state index contributed by atoms with van der Waals surface area (Å²) >= 11 is 0. The largest absolute Gasteiger partial charge is 0.355 e. The van der Waals surface area contributed by atoms with E-state index in [4.69, 9.17) is 0 Å². The molecule has 3 rings (SSSR count). The lowest BCUT2D eigenvalue weighted by molar-refractivity contribution is 0.0948. The smallest absolute Gasteiger partial charge is 0.257 e. The Bertz CT molecular complexity index is 982. The number of benzene rings is 1. The van der Waals surface area contributed by atoms with Gasteiger partial charge in [-0.05, 0) is 30.5 Å². The summed E-state index contributed by atoms with van der Waals surface area (Å²) in [6.07, 6.45) is 8.03. The molecule has 1 fully saturated rings. The Hall–Kier alpha value is -3.03. The first kappa shape index (κ1) is 20.7. The quantitative estimate of drug-likeness (QED) is 0.806. The molecule has 2 N–H and O–H groups in total. The maximum Gasteiger partial charge on any atom is 0.257 e. The molecule has 1 aliphatic carbocycles. The molecule has 6 nitrogen and oxygen atoms in total. The topological polar surface area (TPSA) is 80.2 Å². The van der Waals surface area contributed by atoms with Crippen LogP contribution in [0.5, 0.6) is 0 Å². The molecular formula is C21H23F2N3O3. The summed E-state index contributed by atoms with van der Waals surface area (Å²) in [4.78, 5) is 37.5. The molecule has 2 amide bonds. The molecule has 0 spiro atoms. The third kappa shape index (κ3) is 4.70. The summed E-state index contributed by atoms with van der Waals surface area (Å²) in [7, 11) is 1.42. The van der Waals surface area contributed by atoms with E-state index in [1.807, 2.05) is 0 Å². The highest BCUT2D eigenvalue weighted by atomic mass is 19.2. The van der Waals surface area contributed by atoms with E-state index >= 15 is 0 Å². The number of halogens is 2. The maximum atomic E-state index is 13.3. The number of nitrogens with one attached hydrogen (secondary N) is 2. The standard InChI is InChI=1S/C21H23F2N3O3/c1-24-20(28)15-11-26(14-5-3-2-4-6-14)12-16(19(15)27)21(29)25-10-13-7-8-17(22)18(23)9-13/h7-9,11-12,14H,2-6,10H2,1H3,(H,24,28)(H,25,29). The van der Waals surface area contributed by atoms with Crippen LogP contribution in [0.15, 0.2) is 35.4 Å². The van der Waals surface area contributed by atoms with Gasteiger partial charge in [0.1, 0.15) is 11.1 Å². The van der Waals surface area contributed by atoms with Gasteiger partial charge in [-0.2, -0.15) is 0 Å². The average Bonchev–Trinajstić information content (AvgIpc) is 2.74. The Morgan fingerprint density at radius 2 is 1.69 bits per heavy atom. The van der Waals surface area contributed by atoms with Crippen LogP contribution in [0.1, 0.15) is 64.4 Å². The van der Waals surface area contributed by atoms with Gasteiger partial charge >= 0.3 is 0 Å². The zero-order valence-electron chi connectivity index (χ0n) is 16.1. The average molecular weight is 403 g/mol. The van der Waals surface area contributed by atoms with Gasteiger partial charge in [0.25, 0.3) is 11.8 Å². The van der Waals surface area contributed by atoms with Crippen molar-refractivity contribution < 1.29 is 18.4 Å². The van der Waals surface area contributed by atoms with Gasteiger partial charge < -0.3 is 15.2 Å². The molecule has 1 aromatic carbocycles. The van der Waals surface area contributed by atoms with Crippen LogP contribution in [0.2, 0.25) is 0 Å². The van der Waals surface area contributed by atoms with E-state index in [0.717, 1.165) is 44.2 Å². The van der Waals surface area contributed by atoms with E-state index in [1.54, 1.807) is 4.57 Å². The van der Waals surface area contributed by atoms with E-state index in [9.17, 15) is 23.2 Å². The summed E-state index contributed by atoms with van der Waals surface area (Å²) in [5, 5.41) is 4.97. The molecule has 0 bridgehead atoms. The Kier molecular flexibility index (Phi) is 6.41. The molecule has 0 saturated heterocycles. The number of hydrogen-bond acceptors (Lipinski definition) is 3. The third-order valence-electron chi connectivity index (χ3n) is 5.20. The predicted molar refractivity (Wildman–Crippen MR) is 104 cm³/mol. The lowest BCUT2D eigenvalue weighted by atomic mass is 9.95. The highest BCUT2D eigenvalue weighted by Gasteiger charge is 2.22. The fourth-order valence-corrected chi connectivity index (χ4v) is 3.57. The molecule has 29 heavy (non-hydrogen) atoms. The van der Waals surface area contributed by atoms with Crippen LogP contribution < -0.4 is 16.1 Å². The van der Waals surface area contributed by atoms with Crippen molar-refractivity contribution in [2.75, 3.05) is 7.05 Å². The van der Waals surface area contributed by atoms with Crippen LogP contribution in [0.4, 0.5) is 8.78 Å². The predicted octanol–water partition coefficient (Wildman–Crippen LogP) is 2.92. The summed E-state index contributed by atoms with van der Waals surface area (Å²) in [5.74, 6) is -3.23. The van der Waals surface area contributed by atoms with Gasteiger partial charge in [-0.25, -0.2) is 8.78 Å². The fourth-order valence-electron chi connectivity index (χ4n) is 3.57. The van der Waals surface area contributed by atoms with Crippen LogP contribution >= 0.6 is 0 Å². The molecule has 0 atom stereocenters. The number of hydrogen-bond donors (Lipinski definition) is 2. The molecule has 8 heteroatoms. The second kappa shape index (κ2) is 8.98. The van der Waals surface area contributed by atoms with Gasteiger partial charge in [0.05, 0.1) is 0 Å². The van der Waals surface area contributed by atoms with Gasteiger partial charge in [-0.1, -0.05) is 25.3 Å². The first-order valence-electron chi connectivity index (χ1n) is 9.60. The first-order chi connectivity index (χ1) is 13.9. The Labute approximate surface area is 166 Å². The Morgan fingerprint density at radius 1 is 1.03 bits per heavy atom. The van der Waals surface area contributed by atoms with Crippen molar-refractivity contribution in [3.63, 3.8) is 0 Å². The zero-order valence-corrected chi connectivity index (χ0v) is 16.1. The molecule has 0 radical (unpaired) electrons. The Balaban J connectivity index is 1.89. The number of carbonyl (C=O) groups excluding carboxylic acids is 2. The van der Waals surface area contributed by atoms with Crippen molar-refractivity contribution >= 4 is 11.8 Å². The molecule has 154 valence electrons. The SMILES string of the molecule is CNC(=O)c1cn(C2CCCCC2)cc(C(=O)NCc2ccc(F)c(F)c2)c1=O. The van der Waals surface area contributed by atoms with E-state index in [2.05, 4.69) is 10.6 Å². The summed E-state index contributed by atoms with van der Waals surface area (Å²) in [5.41, 5.74) is -0.565. The van der Waals surface area contributed by atoms with Gasteiger partial charge in [-0.3, -0.25) is 14.4 Å². The number of carbonyl (C=O) groups is 2. The van der Waals surface area contributed by atoms with Crippen LogP contribution in [0.3, 0.4) is 0 Å². The normalized spacial score (nSPS) is 14.4. The van der Waals surface area contributed by atoms with Crippen molar-refractivity contribution in [2.24, 2.45) is 0 Å². The maximum absolute atomic E-state index is 13.3. The van der Waals surface area contributed by atoms with Gasteiger partial charge in [0.15, 0.2) is 11.6 Å². The molecule has 1 heterocycles. The molecule has 0 aliphatic heterocycles. The van der Waals surface area contributed by atoms with Crippen molar-refractivity contribution in [2.45, 2.75) is 44.7 Å². The highest BCUT2D eigenvalue weighted by molar-refractivity contribution is 5.99. The number of aromatic nitrogens is 1. The molecule has 0 unspecified atom stereocenters. The molecular weight excluding hydrogens is 380 g/mol. The molecule has 1 aromatic heterocycles. The summed E-state index contributed by atoms with van der Waals surface area (Å²) < 4.78 is 28.2. The zero-order chi connectivity index (χ0) is 21.0. The van der Waals surface area contributed by atoms with E-state index in [-0.39, 0.29) is 23.7 Å². The minimum Gasteiger partial charge on any atom is -0.355 e. The second-order valence-electron chi connectivity index (χ2n) is 7.16. The van der Waals surface area contributed by atoms with Gasteiger partial charge in [-0.15, -0.1) is 0 Å².